The normalized spacial score (nSPS) is 11.5. The Morgan fingerprint density at radius 2 is 2.00 bits per heavy atom. The quantitative estimate of drug-likeness (QED) is 0.691. The number of benzene rings is 1. The zero-order chi connectivity index (χ0) is 15.9. The van der Waals surface area contributed by atoms with E-state index >= 15 is 0 Å². The molecule has 6 nitrogen and oxygen atoms in total. The lowest BCUT2D eigenvalue weighted by atomic mass is 10.2. The number of carbonyl (C=O) groups is 1. The molecule has 0 fully saturated rings. The van der Waals surface area contributed by atoms with Crippen LogP contribution < -0.4 is 0 Å². The molecule has 0 atom stereocenters. The van der Waals surface area contributed by atoms with Gasteiger partial charge in [0.05, 0.1) is 17.9 Å². The fourth-order valence-electron chi connectivity index (χ4n) is 1.75. The van der Waals surface area contributed by atoms with Gasteiger partial charge in [-0.2, -0.15) is 4.31 Å². The second-order valence-corrected chi connectivity index (χ2v) is 6.30. The predicted octanol–water partition coefficient (Wildman–Crippen LogP) is 1.14. The smallest absolute Gasteiger partial charge is 0.307 e. The van der Waals surface area contributed by atoms with E-state index in [0.29, 0.717) is 5.56 Å². The highest BCUT2D eigenvalue weighted by Crippen LogP contribution is 2.16. The number of nitrogens with zero attached hydrogens (tertiary/aromatic N) is 1. The van der Waals surface area contributed by atoms with E-state index in [2.05, 4.69) is 6.58 Å². The third-order valence-corrected chi connectivity index (χ3v) is 4.67. The third-order valence-electron chi connectivity index (χ3n) is 2.79. The molecule has 1 N–H and O–H groups in total. The van der Waals surface area contributed by atoms with E-state index in [-0.39, 0.29) is 31.0 Å². The Kier molecular flexibility index (Phi) is 6.54. The maximum Gasteiger partial charge on any atom is 0.307 e. The number of hydrogen-bond donors (Lipinski definition) is 1. The molecular formula is C14H19NO5S. The molecule has 0 unspecified atom stereocenters. The van der Waals surface area contributed by atoms with Crippen LogP contribution in [0, 0.1) is 0 Å². The Hall–Kier alpha value is -1.70. The number of hydrogen-bond acceptors (Lipinski definition) is 4. The van der Waals surface area contributed by atoms with Gasteiger partial charge in [0, 0.05) is 20.2 Å². The number of carboxylic acid groups (broad SMARTS) is 1. The van der Waals surface area contributed by atoms with Crippen LogP contribution in [0.25, 0.3) is 0 Å². The molecule has 0 heterocycles. The highest BCUT2D eigenvalue weighted by atomic mass is 32.2. The molecule has 7 heteroatoms. The van der Waals surface area contributed by atoms with Crippen molar-refractivity contribution in [2.75, 3.05) is 26.8 Å². The average Bonchev–Trinajstić information content (AvgIpc) is 2.43. The molecule has 0 aliphatic heterocycles. The third kappa shape index (κ3) is 4.96. The van der Waals surface area contributed by atoms with Crippen molar-refractivity contribution in [1.29, 1.82) is 0 Å². The lowest BCUT2D eigenvalue weighted by molar-refractivity contribution is -0.136. The van der Waals surface area contributed by atoms with E-state index < -0.39 is 16.0 Å². The van der Waals surface area contributed by atoms with Gasteiger partial charge in [-0.25, -0.2) is 8.42 Å². The summed E-state index contributed by atoms with van der Waals surface area (Å²) in [5.41, 5.74) is 0.550. The first-order valence-corrected chi connectivity index (χ1v) is 7.76. The summed E-state index contributed by atoms with van der Waals surface area (Å²) in [7, 11) is -2.15. The van der Waals surface area contributed by atoms with Gasteiger partial charge in [0.25, 0.3) is 0 Å². The van der Waals surface area contributed by atoms with Gasteiger partial charge in [-0.3, -0.25) is 4.79 Å². The van der Waals surface area contributed by atoms with Crippen molar-refractivity contribution in [3.8, 4) is 0 Å². The van der Waals surface area contributed by atoms with Crippen molar-refractivity contribution in [2.45, 2.75) is 11.3 Å². The summed E-state index contributed by atoms with van der Waals surface area (Å²) in [5.74, 6) is -0.959. The number of methoxy groups -OCH3 is 1. The zero-order valence-corrected chi connectivity index (χ0v) is 12.7. The van der Waals surface area contributed by atoms with Crippen LogP contribution in [0.15, 0.2) is 41.8 Å². The highest BCUT2D eigenvalue weighted by molar-refractivity contribution is 7.89. The standard InChI is InChI=1S/C14H19NO5S/c1-3-8-15(9-10-20-2)21(18,19)13-6-4-12(5-7-13)11-14(16)17/h3-7H,1,8-11H2,2H3,(H,16,17). The van der Waals surface area contributed by atoms with Crippen molar-refractivity contribution in [2.24, 2.45) is 0 Å². The lowest BCUT2D eigenvalue weighted by Gasteiger charge is -2.20. The molecule has 21 heavy (non-hydrogen) atoms. The highest BCUT2D eigenvalue weighted by Gasteiger charge is 2.23. The first kappa shape index (κ1) is 17.4. The van der Waals surface area contributed by atoms with Gasteiger partial charge in [-0.05, 0) is 17.7 Å². The van der Waals surface area contributed by atoms with E-state index in [1.54, 1.807) is 0 Å². The molecule has 0 saturated heterocycles. The van der Waals surface area contributed by atoms with Gasteiger partial charge in [0.15, 0.2) is 0 Å². The average molecular weight is 313 g/mol. The van der Waals surface area contributed by atoms with E-state index in [9.17, 15) is 13.2 Å². The fraction of sp³-hybridized carbons (Fsp3) is 0.357. The minimum absolute atomic E-state index is 0.120. The molecule has 0 aliphatic rings. The molecular weight excluding hydrogens is 294 g/mol. The van der Waals surface area contributed by atoms with Crippen molar-refractivity contribution < 1.29 is 23.1 Å². The first-order valence-electron chi connectivity index (χ1n) is 6.32. The molecule has 116 valence electrons. The molecule has 0 spiro atoms. The summed E-state index contributed by atoms with van der Waals surface area (Å²) in [6.07, 6.45) is 1.37. The van der Waals surface area contributed by atoms with Crippen molar-refractivity contribution in [3.63, 3.8) is 0 Å². The van der Waals surface area contributed by atoms with Crippen LogP contribution in [-0.4, -0.2) is 50.6 Å². The Bertz CT molecular complexity index is 580. The van der Waals surface area contributed by atoms with Crippen LogP contribution in [-0.2, 0) is 26.0 Å². The van der Waals surface area contributed by atoms with Gasteiger partial charge < -0.3 is 9.84 Å². The molecule has 0 radical (unpaired) electrons. The Labute approximate surface area is 124 Å². The van der Waals surface area contributed by atoms with Gasteiger partial charge >= 0.3 is 5.97 Å². The molecule has 0 saturated carbocycles. The molecule has 0 bridgehead atoms. The summed E-state index contributed by atoms with van der Waals surface area (Å²) < 4.78 is 31.1. The van der Waals surface area contributed by atoms with Crippen molar-refractivity contribution in [3.05, 3.63) is 42.5 Å². The van der Waals surface area contributed by atoms with E-state index in [0.717, 1.165) is 0 Å². The van der Waals surface area contributed by atoms with Crippen LogP contribution in [0.2, 0.25) is 0 Å². The van der Waals surface area contributed by atoms with Gasteiger partial charge in [0.1, 0.15) is 0 Å². The van der Waals surface area contributed by atoms with Gasteiger partial charge in [-0.1, -0.05) is 18.2 Å². The monoisotopic (exact) mass is 313 g/mol. The Morgan fingerprint density at radius 3 is 2.48 bits per heavy atom. The van der Waals surface area contributed by atoms with Crippen LogP contribution in [0.4, 0.5) is 0 Å². The predicted molar refractivity (Wildman–Crippen MR) is 78.6 cm³/mol. The Morgan fingerprint density at radius 1 is 1.38 bits per heavy atom. The van der Waals surface area contributed by atoms with Crippen molar-refractivity contribution >= 4 is 16.0 Å². The number of ether oxygens (including phenoxy) is 1. The minimum atomic E-state index is -3.65. The lowest BCUT2D eigenvalue weighted by Crippen LogP contribution is -2.34. The van der Waals surface area contributed by atoms with Crippen LogP contribution >= 0.6 is 0 Å². The number of aliphatic carboxylic acids is 1. The van der Waals surface area contributed by atoms with Gasteiger partial charge in [-0.15, -0.1) is 6.58 Å². The molecule has 1 rings (SSSR count). The van der Waals surface area contributed by atoms with E-state index in [1.807, 2.05) is 0 Å². The fourth-order valence-corrected chi connectivity index (χ4v) is 3.14. The number of sulfonamides is 1. The van der Waals surface area contributed by atoms with Crippen molar-refractivity contribution in [1.82, 2.24) is 4.31 Å². The molecule has 0 aromatic heterocycles. The molecule has 1 aromatic rings. The largest absolute Gasteiger partial charge is 0.481 e. The molecule has 0 amide bonds. The summed E-state index contributed by atoms with van der Waals surface area (Å²) in [4.78, 5) is 10.7. The topological polar surface area (TPSA) is 83.9 Å². The van der Waals surface area contributed by atoms with Crippen LogP contribution in [0.5, 0.6) is 0 Å². The summed E-state index contributed by atoms with van der Waals surface area (Å²) in [6, 6.07) is 5.83. The minimum Gasteiger partial charge on any atom is -0.481 e. The van der Waals surface area contributed by atoms with Crippen LogP contribution in [0.3, 0.4) is 0 Å². The van der Waals surface area contributed by atoms with E-state index in [1.165, 1.54) is 41.8 Å². The molecule has 1 aromatic carbocycles. The summed E-state index contributed by atoms with van der Waals surface area (Å²) >= 11 is 0. The summed E-state index contributed by atoms with van der Waals surface area (Å²) in [6.45, 7) is 4.24. The number of rotatable bonds is 9. The second-order valence-electron chi connectivity index (χ2n) is 4.36. The maximum absolute atomic E-state index is 12.5. The molecule has 0 aliphatic carbocycles. The van der Waals surface area contributed by atoms with Gasteiger partial charge in [0.2, 0.25) is 10.0 Å². The summed E-state index contributed by atoms with van der Waals surface area (Å²) in [5, 5.41) is 8.70. The maximum atomic E-state index is 12.5. The Balaban J connectivity index is 2.98. The first-order chi connectivity index (χ1) is 9.91. The zero-order valence-electron chi connectivity index (χ0n) is 11.9. The van der Waals surface area contributed by atoms with E-state index in [4.69, 9.17) is 9.84 Å². The second kappa shape index (κ2) is 7.92. The SMILES string of the molecule is C=CCN(CCOC)S(=O)(=O)c1ccc(CC(=O)O)cc1. The number of carboxylic acids is 1. The van der Waals surface area contributed by atoms with Crippen LogP contribution in [0.1, 0.15) is 5.56 Å².